The smallest absolute Gasteiger partial charge is 0.168 e. The zero-order valence-electron chi connectivity index (χ0n) is 7.90. The quantitative estimate of drug-likeness (QED) is 0.714. The summed E-state index contributed by atoms with van der Waals surface area (Å²) in [5, 5.41) is 0. The fraction of sp³-hybridized carbons (Fsp3) is 0.400. The van der Waals surface area contributed by atoms with Gasteiger partial charge in [-0.15, -0.1) is 0 Å². The van der Waals surface area contributed by atoms with Gasteiger partial charge < -0.3 is 5.73 Å². The third kappa shape index (κ3) is 2.36. The molecule has 1 atom stereocenters. The molecule has 13 heavy (non-hydrogen) atoms. The van der Waals surface area contributed by atoms with Crippen molar-refractivity contribution in [2.45, 2.75) is 19.9 Å². The molecule has 0 bridgehead atoms. The second-order valence-corrected chi connectivity index (χ2v) is 3.37. The molecule has 0 saturated heterocycles. The summed E-state index contributed by atoms with van der Waals surface area (Å²) in [4.78, 5) is 14.6. The molecule has 0 aliphatic carbocycles. The lowest BCUT2D eigenvalue weighted by Crippen LogP contribution is -2.18. The Bertz CT molecular complexity index is 297. The second kappa shape index (κ2) is 4.14. The molecule has 0 aromatic carbocycles. The van der Waals surface area contributed by atoms with E-state index in [-0.39, 0.29) is 6.04 Å². The lowest BCUT2D eigenvalue weighted by atomic mass is 10.0. The molecule has 1 aromatic heterocycles. The highest BCUT2D eigenvalue weighted by molar-refractivity contribution is 5.71. The largest absolute Gasteiger partial charge is 0.322 e. The topological polar surface area (TPSA) is 56.0 Å². The van der Waals surface area contributed by atoms with Crippen LogP contribution in [0.2, 0.25) is 0 Å². The minimum atomic E-state index is -0.0973. The Kier molecular flexibility index (Phi) is 3.14. The molecule has 1 unspecified atom stereocenters. The van der Waals surface area contributed by atoms with Crippen LogP contribution >= 0.6 is 0 Å². The third-order valence-electron chi connectivity index (χ3n) is 1.97. The van der Waals surface area contributed by atoms with Crippen LogP contribution in [0.3, 0.4) is 0 Å². The summed E-state index contributed by atoms with van der Waals surface area (Å²) in [6.07, 6.45) is 0.733. The minimum absolute atomic E-state index is 0.0973. The Morgan fingerprint density at radius 2 is 2.15 bits per heavy atom. The summed E-state index contributed by atoms with van der Waals surface area (Å²) in [5.74, 6) is 0.328. The van der Waals surface area contributed by atoms with E-state index in [9.17, 15) is 4.79 Å². The SMILES string of the molecule is CC(C)C(N)c1cccc(C=O)n1. The Labute approximate surface area is 78.0 Å². The van der Waals surface area contributed by atoms with Crippen molar-refractivity contribution in [1.82, 2.24) is 4.98 Å². The summed E-state index contributed by atoms with van der Waals surface area (Å²) < 4.78 is 0. The highest BCUT2D eigenvalue weighted by atomic mass is 16.1. The van der Waals surface area contributed by atoms with E-state index < -0.39 is 0 Å². The highest BCUT2D eigenvalue weighted by Gasteiger charge is 2.11. The van der Waals surface area contributed by atoms with Gasteiger partial charge in [0.2, 0.25) is 0 Å². The van der Waals surface area contributed by atoms with Crippen LogP contribution in [0.25, 0.3) is 0 Å². The molecule has 0 aliphatic rings. The first-order valence-corrected chi connectivity index (χ1v) is 4.33. The van der Waals surface area contributed by atoms with Crippen LogP contribution in [-0.4, -0.2) is 11.3 Å². The number of pyridine rings is 1. The van der Waals surface area contributed by atoms with Crippen molar-refractivity contribution in [2.24, 2.45) is 11.7 Å². The van der Waals surface area contributed by atoms with Gasteiger partial charge in [0, 0.05) is 6.04 Å². The fourth-order valence-corrected chi connectivity index (χ4v) is 1.06. The number of nitrogens with zero attached hydrogens (tertiary/aromatic N) is 1. The van der Waals surface area contributed by atoms with Gasteiger partial charge in [0.25, 0.3) is 0 Å². The molecule has 2 N–H and O–H groups in total. The first-order valence-electron chi connectivity index (χ1n) is 4.33. The molecule has 0 saturated carbocycles. The standard InChI is InChI=1S/C10H14N2O/c1-7(2)10(11)9-5-3-4-8(6-13)12-9/h3-7,10H,11H2,1-2H3. The van der Waals surface area contributed by atoms with Gasteiger partial charge in [-0.1, -0.05) is 19.9 Å². The van der Waals surface area contributed by atoms with Crippen molar-refractivity contribution in [3.63, 3.8) is 0 Å². The molecule has 0 radical (unpaired) electrons. The van der Waals surface area contributed by atoms with E-state index in [1.807, 2.05) is 19.9 Å². The molecule has 3 heteroatoms. The Balaban J connectivity index is 2.94. The second-order valence-electron chi connectivity index (χ2n) is 3.37. The number of carbonyl (C=O) groups excluding carboxylic acids is 1. The maximum Gasteiger partial charge on any atom is 0.168 e. The minimum Gasteiger partial charge on any atom is -0.322 e. The van der Waals surface area contributed by atoms with Crippen molar-refractivity contribution >= 4 is 6.29 Å². The van der Waals surface area contributed by atoms with E-state index in [0.29, 0.717) is 11.6 Å². The van der Waals surface area contributed by atoms with Crippen LogP contribution in [0.4, 0.5) is 0 Å². The van der Waals surface area contributed by atoms with E-state index in [0.717, 1.165) is 12.0 Å². The molecule has 1 heterocycles. The van der Waals surface area contributed by atoms with Crippen LogP contribution in [0.5, 0.6) is 0 Å². The molecular formula is C10H14N2O. The number of nitrogens with two attached hydrogens (primary N) is 1. The van der Waals surface area contributed by atoms with Gasteiger partial charge >= 0.3 is 0 Å². The van der Waals surface area contributed by atoms with Gasteiger partial charge in [-0.3, -0.25) is 4.79 Å². The molecule has 3 nitrogen and oxygen atoms in total. The summed E-state index contributed by atoms with van der Waals surface area (Å²) in [6.45, 7) is 4.06. The maximum atomic E-state index is 10.4. The van der Waals surface area contributed by atoms with Gasteiger partial charge in [0.15, 0.2) is 6.29 Å². The number of rotatable bonds is 3. The van der Waals surface area contributed by atoms with Crippen LogP contribution in [-0.2, 0) is 0 Å². The maximum absolute atomic E-state index is 10.4. The Morgan fingerprint density at radius 3 is 2.69 bits per heavy atom. The number of aromatic nitrogens is 1. The van der Waals surface area contributed by atoms with Crippen molar-refractivity contribution in [1.29, 1.82) is 0 Å². The van der Waals surface area contributed by atoms with Crippen LogP contribution in [0.1, 0.15) is 36.1 Å². The molecule has 0 aliphatic heterocycles. The Morgan fingerprint density at radius 1 is 1.46 bits per heavy atom. The number of aldehydes is 1. The van der Waals surface area contributed by atoms with Crippen molar-refractivity contribution in [3.05, 3.63) is 29.6 Å². The van der Waals surface area contributed by atoms with Crippen molar-refractivity contribution in [3.8, 4) is 0 Å². The van der Waals surface area contributed by atoms with Gasteiger partial charge in [-0.25, -0.2) is 4.98 Å². The molecule has 0 amide bonds. The lowest BCUT2D eigenvalue weighted by Gasteiger charge is -2.14. The fourth-order valence-electron chi connectivity index (χ4n) is 1.06. The van der Waals surface area contributed by atoms with Crippen molar-refractivity contribution < 1.29 is 4.79 Å². The highest BCUT2D eigenvalue weighted by Crippen LogP contribution is 2.16. The summed E-state index contributed by atoms with van der Waals surface area (Å²) in [7, 11) is 0. The van der Waals surface area contributed by atoms with E-state index in [4.69, 9.17) is 5.73 Å². The number of carbonyl (C=O) groups is 1. The zero-order chi connectivity index (χ0) is 9.84. The normalized spacial score (nSPS) is 12.9. The average molecular weight is 178 g/mol. The van der Waals surface area contributed by atoms with Crippen LogP contribution < -0.4 is 5.73 Å². The van der Waals surface area contributed by atoms with E-state index in [2.05, 4.69) is 4.98 Å². The lowest BCUT2D eigenvalue weighted by molar-refractivity contribution is 0.111. The summed E-state index contributed by atoms with van der Waals surface area (Å²) >= 11 is 0. The molecule has 0 spiro atoms. The van der Waals surface area contributed by atoms with E-state index in [1.54, 1.807) is 12.1 Å². The molecule has 70 valence electrons. The first-order chi connectivity index (χ1) is 6.15. The molecule has 0 fully saturated rings. The third-order valence-corrected chi connectivity index (χ3v) is 1.97. The molecule has 1 aromatic rings. The molecule has 1 rings (SSSR count). The monoisotopic (exact) mass is 178 g/mol. The predicted molar refractivity (Wildman–Crippen MR) is 51.4 cm³/mol. The van der Waals surface area contributed by atoms with Crippen LogP contribution in [0, 0.1) is 5.92 Å². The van der Waals surface area contributed by atoms with Gasteiger partial charge in [-0.05, 0) is 18.1 Å². The first kappa shape index (κ1) is 9.86. The van der Waals surface area contributed by atoms with E-state index in [1.165, 1.54) is 0 Å². The average Bonchev–Trinajstić information content (AvgIpc) is 2.16. The number of hydrogen-bond donors (Lipinski definition) is 1. The zero-order valence-corrected chi connectivity index (χ0v) is 7.90. The Hall–Kier alpha value is -1.22. The van der Waals surface area contributed by atoms with Crippen molar-refractivity contribution in [2.75, 3.05) is 0 Å². The summed E-state index contributed by atoms with van der Waals surface area (Å²) in [5.41, 5.74) is 7.10. The predicted octanol–water partition coefficient (Wildman–Crippen LogP) is 1.55. The van der Waals surface area contributed by atoms with Gasteiger partial charge in [-0.2, -0.15) is 0 Å². The van der Waals surface area contributed by atoms with Gasteiger partial charge in [0.1, 0.15) is 5.69 Å². The van der Waals surface area contributed by atoms with Gasteiger partial charge in [0.05, 0.1) is 5.69 Å². The number of hydrogen-bond acceptors (Lipinski definition) is 3. The molecular weight excluding hydrogens is 164 g/mol. The van der Waals surface area contributed by atoms with E-state index >= 15 is 0 Å². The van der Waals surface area contributed by atoms with Crippen LogP contribution in [0.15, 0.2) is 18.2 Å². The summed E-state index contributed by atoms with van der Waals surface area (Å²) in [6, 6.07) is 5.22.